The Balaban J connectivity index is 1.95. The Labute approximate surface area is 119 Å². The third-order valence-electron chi connectivity index (χ3n) is 2.60. The number of benzene rings is 2. The summed E-state index contributed by atoms with van der Waals surface area (Å²) in [6, 6.07) is 12.4. The van der Waals surface area contributed by atoms with E-state index in [0.29, 0.717) is 13.1 Å². The van der Waals surface area contributed by atoms with E-state index in [4.69, 9.17) is 11.6 Å². The summed E-state index contributed by atoms with van der Waals surface area (Å²) in [6.07, 6.45) is 0. The molecule has 2 aromatic rings. The van der Waals surface area contributed by atoms with E-state index < -0.39 is 0 Å². The zero-order chi connectivity index (χ0) is 13.0. The maximum absolute atomic E-state index is 12.9. The molecule has 0 bridgehead atoms. The van der Waals surface area contributed by atoms with Crippen LogP contribution in [-0.2, 0) is 13.1 Å². The summed E-state index contributed by atoms with van der Waals surface area (Å²) < 4.78 is 13.7. The first-order chi connectivity index (χ1) is 8.66. The Kier molecular flexibility index (Phi) is 4.75. The van der Waals surface area contributed by atoms with Crippen LogP contribution in [0.5, 0.6) is 0 Å². The lowest BCUT2D eigenvalue weighted by Crippen LogP contribution is -2.13. The predicted molar refractivity (Wildman–Crippen MR) is 76.1 cm³/mol. The van der Waals surface area contributed by atoms with E-state index in [0.717, 1.165) is 20.6 Å². The van der Waals surface area contributed by atoms with Gasteiger partial charge in [0.2, 0.25) is 0 Å². The molecule has 0 amide bonds. The van der Waals surface area contributed by atoms with Crippen molar-refractivity contribution in [2.75, 3.05) is 0 Å². The van der Waals surface area contributed by atoms with E-state index in [1.54, 1.807) is 6.07 Å². The molecule has 2 aromatic carbocycles. The van der Waals surface area contributed by atoms with Gasteiger partial charge in [-0.3, -0.25) is 0 Å². The number of hydrogen-bond acceptors (Lipinski definition) is 1. The Hall–Kier alpha value is -0.900. The van der Waals surface area contributed by atoms with E-state index in [-0.39, 0.29) is 5.82 Å². The average molecular weight is 329 g/mol. The molecule has 0 aliphatic carbocycles. The SMILES string of the molecule is Fc1ccc(CNCc2ccccc2Cl)c(Br)c1. The highest BCUT2D eigenvalue weighted by molar-refractivity contribution is 9.10. The summed E-state index contributed by atoms with van der Waals surface area (Å²) in [6.45, 7) is 1.34. The van der Waals surface area contributed by atoms with Crippen LogP contribution in [-0.4, -0.2) is 0 Å². The minimum atomic E-state index is -0.239. The van der Waals surface area contributed by atoms with Crippen molar-refractivity contribution < 1.29 is 4.39 Å². The fraction of sp³-hybridized carbons (Fsp3) is 0.143. The van der Waals surface area contributed by atoms with Gasteiger partial charge in [0.25, 0.3) is 0 Å². The molecule has 2 rings (SSSR count). The molecular weight excluding hydrogens is 317 g/mol. The lowest BCUT2D eigenvalue weighted by Gasteiger charge is -2.08. The Morgan fingerprint density at radius 2 is 1.78 bits per heavy atom. The van der Waals surface area contributed by atoms with Crippen LogP contribution in [0.4, 0.5) is 4.39 Å². The molecule has 0 aromatic heterocycles. The van der Waals surface area contributed by atoms with Gasteiger partial charge in [0.05, 0.1) is 0 Å². The molecule has 0 aliphatic heterocycles. The smallest absolute Gasteiger partial charge is 0.124 e. The van der Waals surface area contributed by atoms with Gasteiger partial charge in [0, 0.05) is 22.6 Å². The van der Waals surface area contributed by atoms with E-state index >= 15 is 0 Å². The second-order valence-corrected chi connectivity index (χ2v) is 5.19. The minimum Gasteiger partial charge on any atom is -0.309 e. The maximum atomic E-state index is 12.9. The summed E-state index contributed by atoms with van der Waals surface area (Å²) in [7, 11) is 0. The van der Waals surface area contributed by atoms with Crippen molar-refractivity contribution in [3.8, 4) is 0 Å². The molecule has 94 valence electrons. The summed E-state index contributed by atoms with van der Waals surface area (Å²) in [5.41, 5.74) is 2.07. The van der Waals surface area contributed by atoms with Crippen LogP contribution in [0.15, 0.2) is 46.9 Å². The fourth-order valence-electron chi connectivity index (χ4n) is 1.64. The molecule has 0 heterocycles. The summed E-state index contributed by atoms with van der Waals surface area (Å²) in [4.78, 5) is 0. The quantitative estimate of drug-likeness (QED) is 0.869. The van der Waals surface area contributed by atoms with Gasteiger partial charge in [-0.05, 0) is 29.3 Å². The van der Waals surface area contributed by atoms with Crippen LogP contribution < -0.4 is 5.32 Å². The second kappa shape index (κ2) is 6.32. The molecule has 0 spiro atoms. The predicted octanol–water partition coefficient (Wildman–Crippen LogP) is 4.53. The zero-order valence-electron chi connectivity index (χ0n) is 9.59. The van der Waals surface area contributed by atoms with Crippen LogP contribution in [0.3, 0.4) is 0 Å². The van der Waals surface area contributed by atoms with Crippen LogP contribution in [0, 0.1) is 5.82 Å². The van der Waals surface area contributed by atoms with Crippen LogP contribution in [0.2, 0.25) is 5.02 Å². The van der Waals surface area contributed by atoms with Gasteiger partial charge in [-0.15, -0.1) is 0 Å². The molecule has 0 fully saturated rings. The van der Waals surface area contributed by atoms with Gasteiger partial charge < -0.3 is 5.32 Å². The average Bonchev–Trinajstić information content (AvgIpc) is 2.34. The van der Waals surface area contributed by atoms with Crippen molar-refractivity contribution >= 4 is 27.5 Å². The van der Waals surface area contributed by atoms with E-state index in [9.17, 15) is 4.39 Å². The molecule has 0 radical (unpaired) electrons. The first kappa shape index (κ1) is 13.5. The first-order valence-electron chi connectivity index (χ1n) is 5.55. The van der Waals surface area contributed by atoms with Gasteiger partial charge >= 0.3 is 0 Å². The van der Waals surface area contributed by atoms with E-state index in [1.807, 2.05) is 24.3 Å². The van der Waals surface area contributed by atoms with Crippen molar-refractivity contribution in [1.29, 1.82) is 0 Å². The third kappa shape index (κ3) is 3.55. The molecule has 0 saturated heterocycles. The van der Waals surface area contributed by atoms with Gasteiger partial charge in [-0.1, -0.05) is 51.8 Å². The first-order valence-corrected chi connectivity index (χ1v) is 6.72. The van der Waals surface area contributed by atoms with Crippen molar-refractivity contribution in [3.05, 3.63) is 68.9 Å². The van der Waals surface area contributed by atoms with Gasteiger partial charge in [-0.2, -0.15) is 0 Å². The second-order valence-electron chi connectivity index (χ2n) is 3.93. The number of hydrogen-bond donors (Lipinski definition) is 1. The fourth-order valence-corrected chi connectivity index (χ4v) is 2.33. The maximum Gasteiger partial charge on any atom is 0.124 e. The molecule has 0 unspecified atom stereocenters. The monoisotopic (exact) mass is 327 g/mol. The van der Waals surface area contributed by atoms with Gasteiger partial charge in [0.1, 0.15) is 5.82 Å². The van der Waals surface area contributed by atoms with Crippen LogP contribution in [0.1, 0.15) is 11.1 Å². The number of halogens is 3. The van der Waals surface area contributed by atoms with Gasteiger partial charge in [0.15, 0.2) is 0 Å². The highest BCUT2D eigenvalue weighted by Crippen LogP contribution is 2.18. The minimum absolute atomic E-state index is 0.239. The zero-order valence-corrected chi connectivity index (χ0v) is 11.9. The highest BCUT2D eigenvalue weighted by Gasteiger charge is 2.02. The van der Waals surface area contributed by atoms with Crippen LogP contribution >= 0.6 is 27.5 Å². The summed E-state index contributed by atoms with van der Waals surface area (Å²) >= 11 is 9.40. The molecule has 18 heavy (non-hydrogen) atoms. The number of rotatable bonds is 4. The van der Waals surface area contributed by atoms with Crippen molar-refractivity contribution in [1.82, 2.24) is 5.32 Å². The highest BCUT2D eigenvalue weighted by atomic mass is 79.9. The van der Waals surface area contributed by atoms with E-state index in [1.165, 1.54) is 12.1 Å². The number of nitrogens with one attached hydrogen (secondary N) is 1. The molecule has 0 atom stereocenters. The van der Waals surface area contributed by atoms with Crippen molar-refractivity contribution in [2.45, 2.75) is 13.1 Å². The lowest BCUT2D eigenvalue weighted by atomic mass is 10.2. The largest absolute Gasteiger partial charge is 0.309 e. The Bertz CT molecular complexity index is 545. The molecule has 0 aliphatic rings. The summed E-state index contributed by atoms with van der Waals surface area (Å²) in [5.74, 6) is -0.239. The standard InChI is InChI=1S/C14H12BrClFN/c15-13-7-12(17)6-5-10(13)8-18-9-11-3-1-2-4-14(11)16/h1-7,18H,8-9H2. The topological polar surface area (TPSA) is 12.0 Å². The lowest BCUT2D eigenvalue weighted by molar-refractivity contribution is 0.623. The molecule has 0 saturated carbocycles. The Morgan fingerprint density at radius 1 is 1.06 bits per heavy atom. The third-order valence-corrected chi connectivity index (χ3v) is 3.71. The van der Waals surface area contributed by atoms with Gasteiger partial charge in [-0.25, -0.2) is 4.39 Å². The normalized spacial score (nSPS) is 10.6. The molecular formula is C14H12BrClFN. The van der Waals surface area contributed by atoms with Crippen LogP contribution in [0.25, 0.3) is 0 Å². The van der Waals surface area contributed by atoms with Crippen molar-refractivity contribution in [3.63, 3.8) is 0 Å². The molecule has 1 N–H and O–H groups in total. The molecule has 1 nitrogen and oxygen atoms in total. The summed E-state index contributed by atoms with van der Waals surface area (Å²) in [5, 5.41) is 4.04. The van der Waals surface area contributed by atoms with Crippen molar-refractivity contribution in [2.24, 2.45) is 0 Å². The molecule has 4 heteroatoms. The Morgan fingerprint density at radius 3 is 2.50 bits per heavy atom. The van der Waals surface area contributed by atoms with E-state index in [2.05, 4.69) is 21.2 Å².